The van der Waals surface area contributed by atoms with Crippen LogP contribution in [0.2, 0.25) is 0 Å². The minimum atomic E-state index is 0.105. The maximum Gasteiger partial charge on any atom is 0.193 e. The topological polar surface area (TPSA) is 29.1 Å². The molecule has 0 aliphatic carbocycles. The molecular weight excluding hydrogens is 222 g/mol. The summed E-state index contributed by atoms with van der Waals surface area (Å²) in [4.78, 5) is 12.4. The zero-order valence-corrected chi connectivity index (χ0v) is 10.4. The van der Waals surface area contributed by atoms with Crippen LogP contribution in [0, 0.1) is 6.92 Å². The van der Waals surface area contributed by atoms with E-state index in [-0.39, 0.29) is 5.78 Å². The van der Waals surface area contributed by atoms with E-state index in [2.05, 4.69) is 11.4 Å². The van der Waals surface area contributed by atoms with E-state index < -0.39 is 0 Å². The zero-order chi connectivity index (χ0) is 12.5. The van der Waals surface area contributed by atoms with Crippen molar-refractivity contribution in [1.29, 1.82) is 0 Å². The fourth-order valence-electron chi connectivity index (χ4n) is 2.39. The first-order valence-corrected chi connectivity index (χ1v) is 6.18. The fourth-order valence-corrected chi connectivity index (χ4v) is 2.39. The van der Waals surface area contributed by atoms with Crippen LogP contribution in [-0.4, -0.2) is 5.78 Å². The van der Waals surface area contributed by atoms with Crippen molar-refractivity contribution in [3.8, 4) is 0 Å². The Balaban J connectivity index is 1.98. The third-order valence-corrected chi connectivity index (χ3v) is 3.38. The second kappa shape index (κ2) is 4.39. The molecule has 1 aliphatic rings. The molecule has 0 unspecified atom stereocenters. The highest BCUT2D eigenvalue weighted by Crippen LogP contribution is 2.19. The second-order valence-corrected chi connectivity index (χ2v) is 4.79. The summed E-state index contributed by atoms with van der Waals surface area (Å²) in [6.07, 6.45) is 0. The molecule has 2 nitrogen and oxygen atoms in total. The van der Waals surface area contributed by atoms with Crippen molar-refractivity contribution in [1.82, 2.24) is 5.32 Å². The number of fused-ring (bicyclic) bond motifs is 1. The minimum absolute atomic E-state index is 0.105. The number of nitrogens with one attached hydrogen (secondary N) is 1. The Labute approximate surface area is 107 Å². The van der Waals surface area contributed by atoms with Gasteiger partial charge in [-0.25, -0.2) is 0 Å². The van der Waals surface area contributed by atoms with Crippen molar-refractivity contribution in [3.05, 3.63) is 70.3 Å². The smallest absolute Gasteiger partial charge is 0.193 e. The van der Waals surface area contributed by atoms with Gasteiger partial charge >= 0.3 is 0 Å². The van der Waals surface area contributed by atoms with Gasteiger partial charge in [0.25, 0.3) is 0 Å². The number of ketones is 1. The van der Waals surface area contributed by atoms with Crippen molar-refractivity contribution in [2.75, 3.05) is 0 Å². The molecule has 1 N–H and O–H groups in total. The number of rotatable bonds is 2. The van der Waals surface area contributed by atoms with E-state index in [0.717, 1.165) is 29.8 Å². The lowest BCUT2D eigenvalue weighted by Gasteiger charge is -2.04. The van der Waals surface area contributed by atoms with E-state index in [1.807, 2.05) is 43.3 Å². The predicted molar refractivity (Wildman–Crippen MR) is 71.6 cm³/mol. The van der Waals surface area contributed by atoms with Crippen LogP contribution in [0.5, 0.6) is 0 Å². The van der Waals surface area contributed by atoms with Crippen LogP contribution >= 0.6 is 0 Å². The van der Waals surface area contributed by atoms with Gasteiger partial charge in [-0.3, -0.25) is 4.79 Å². The highest BCUT2D eigenvalue weighted by molar-refractivity contribution is 6.09. The predicted octanol–water partition coefficient (Wildman–Crippen LogP) is 2.83. The molecule has 0 aromatic heterocycles. The summed E-state index contributed by atoms with van der Waals surface area (Å²) in [6, 6.07) is 13.7. The van der Waals surface area contributed by atoms with Crippen LogP contribution in [-0.2, 0) is 13.1 Å². The average molecular weight is 237 g/mol. The normalized spacial score (nSPS) is 13.4. The van der Waals surface area contributed by atoms with Gasteiger partial charge < -0.3 is 5.32 Å². The third kappa shape index (κ3) is 1.95. The highest BCUT2D eigenvalue weighted by Gasteiger charge is 2.14. The van der Waals surface area contributed by atoms with E-state index in [9.17, 15) is 4.79 Å². The van der Waals surface area contributed by atoms with Crippen molar-refractivity contribution < 1.29 is 4.79 Å². The lowest BCUT2D eigenvalue weighted by molar-refractivity contribution is 0.103. The van der Waals surface area contributed by atoms with Crippen molar-refractivity contribution in [3.63, 3.8) is 0 Å². The summed E-state index contributed by atoms with van der Waals surface area (Å²) in [6.45, 7) is 3.78. The Kier molecular flexibility index (Phi) is 2.73. The van der Waals surface area contributed by atoms with Gasteiger partial charge in [-0.2, -0.15) is 0 Å². The summed E-state index contributed by atoms with van der Waals surface area (Å²) in [7, 11) is 0. The zero-order valence-electron chi connectivity index (χ0n) is 10.4. The SMILES string of the molecule is Cc1cccc(C(=O)c2ccc3c(c2)CNC3)c1. The summed E-state index contributed by atoms with van der Waals surface area (Å²) in [5, 5.41) is 3.29. The number of aryl methyl sites for hydroxylation is 1. The molecule has 2 aromatic rings. The van der Waals surface area contributed by atoms with Crippen LogP contribution in [0.1, 0.15) is 32.6 Å². The third-order valence-electron chi connectivity index (χ3n) is 3.38. The lowest BCUT2D eigenvalue weighted by atomic mass is 9.98. The fraction of sp³-hybridized carbons (Fsp3) is 0.188. The summed E-state index contributed by atoms with van der Waals surface area (Å²) >= 11 is 0. The Morgan fingerprint density at radius 2 is 1.78 bits per heavy atom. The van der Waals surface area contributed by atoms with Crippen molar-refractivity contribution >= 4 is 5.78 Å². The Morgan fingerprint density at radius 3 is 2.61 bits per heavy atom. The molecule has 0 radical (unpaired) electrons. The van der Waals surface area contributed by atoms with Gasteiger partial charge in [0.15, 0.2) is 5.78 Å². The maximum absolute atomic E-state index is 12.4. The van der Waals surface area contributed by atoms with Crippen molar-refractivity contribution in [2.24, 2.45) is 0 Å². The largest absolute Gasteiger partial charge is 0.309 e. The Hall–Kier alpha value is -1.93. The van der Waals surface area contributed by atoms with E-state index in [1.165, 1.54) is 11.1 Å². The highest BCUT2D eigenvalue weighted by atomic mass is 16.1. The van der Waals surface area contributed by atoms with Crippen LogP contribution < -0.4 is 5.32 Å². The van der Waals surface area contributed by atoms with E-state index in [1.54, 1.807) is 0 Å². The summed E-state index contributed by atoms with van der Waals surface area (Å²) in [5.74, 6) is 0.105. The van der Waals surface area contributed by atoms with Gasteiger partial charge in [-0.1, -0.05) is 35.9 Å². The average Bonchev–Trinajstić information content (AvgIpc) is 2.85. The number of hydrogen-bond donors (Lipinski definition) is 1. The molecule has 2 aromatic carbocycles. The number of carbonyl (C=O) groups is 1. The first kappa shape index (κ1) is 11.2. The van der Waals surface area contributed by atoms with Crippen LogP contribution in [0.15, 0.2) is 42.5 Å². The molecule has 1 heterocycles. The van der Waals surface area contributed by atoms with Gasteiger partial charge in [-0.15, -0.1) is 0 Å². The van der Waals surface area contributed by atoms with Crippen LogP contribution in [0.4, 0.5) is 0 Å². The molecule has 0 saturated heterocycles. The molecule has 0 amide bonds. The standard InChI is InChI=1S/C16H15NO/c1-11-3-2-4-12(7-11)16(18)13-5-6-14-9-17-10-15(14)8-13/h2-8,17H,9-10H2,1H3. The Bertz CT molecular complexity index is 616. The Morgan fingerprint density at radius 1 is 1.00 bits per heavy atom. The van der Waals surface area contributed by atoms with Crippen molar-refractivity contribution in [2.45, 2.75) is 20.0 Å². The molecule has 0 saturated carbocycles. The monoisotopic (exact) mass is 237 g/mol. The number of benzene rings is 2. The molecule has 0 spiro atoms. The van der Waals surface area contributed by atoms with Gasteiger partial charge in [0, 0.05) is 24.2 Å². The molecule has 1 aliphatic heterocycles. The molecular formula is C16H15NO. The number of hydrogen-bond acceptors (Lipinski definition) is 2. The quantitative estimate of drug-likeness (QED) is 0.814. The van der Waals surface area contributed by atoms with Gasteiger partial charge in [0.2, 0.25) is 0 Å². The first-order chi connectivity index (χ1) is 8.74. The van der Waals surface area contributed by atoms with Gasteiger partial charge in [-0.05, 0) is 30.2 Å². The number of carbonyl (C=O) groups excluding carboxylic acids is 1. The van der Waals surface area contributed by atoms with Gasteiger partial charge in [0.05, 0.1) is 0 Å². The second-order valence-electron chi connectivity index (χ2n) is 4.79. The molecule has 90 valence electrons. The molecule has 2 heteroatoms. The van der Waals surface area contributed by atoms with E-state index >= 15 is 0 Å². The van der Waals surface area contributed by atoms with E-state index in [0.29, 0.717) is 0 Å². The minimum Gasteiger partial charge on any atom is -0.309 e. The van der Waals surface area contributed by atoms with Gasteiger partial charge in [0.1, 0.15) is 0 Å². The maximum atomic E-state index is 12.4. The van der Waals surface area contributed by atoms with Crippen LogP contribution in [0.25, 0.3) is 0 Å². The lowest BCUT2D eigenvalue weighted by Crippen LogP contribution is -2.02. The summed E-state index contributed by atoms with van der Waals surface area (Å²) in [5.41, 5.74) is 5.21. The van der Waals surface area contributed by atoms with Crippen LogP contribution in [0.3, 0.4) is 0 Å². The van der Waals surface area contributed by atoms with E-state index in [4.69, 9.17) is 0 Å². The molecule has 0 bridgehead atoms. The molecule has 3 rings (SSSR count). The molecule has 18 heavy (non-hydrogen) atoms. The molecule has 0 atom stereocenters. The summed E-state index contributed by atoms with van der Waals surface area (Å²) < 4.78 is 0. The molecule has 0 fully saturated rings. The first-order valence-electron chi connectivity index (χ1n) is 6.18.